The Morgan fingerprint density at radius 2 is 2.21 bits per heavy atom. The summed E-state index contributed by atoms with van der Waals surface area (Å²) in [4.78, 5) is 12.0. The number of carbonyl (C=O) groups is 1. The molecule has 2 unspecified atom stereocenters. The van der Waals surface area contributed by atoms with Crippen LogP contribution in [0.25, 0.3) is 0 Å². The van der Waals surface area contributed by atoms with Gasteiger partial charge in [0.2, 0.25) is 5.91 Å². The van der Waals surface area contributed by atoms with E-state index in [-0.39, 0.29) is 29.9 Å². The van der Waals surface area contributed by atoms with E-state index in [0.717, 1.165) is 38.1 Å². The van der Waals surface area contributed by atoms with E-state index < -0.39 is 18.2 Å². The van der Waals surface area contributed by atoms with Crippen LogP contribution in [0.4, 0.5) is 18.9 Å². The minimum atomic E-state index is -3.09. The molecule has 2 rings (SSSR count). The number of rotatable bonds is 6. The highest BCUT2D eigenvalue weighted by Crippen LogP contribution is 2.25. The summed E-state index contributed by atoms with van der Waals surface area (Å²) in [5.41, 5.74) is 0.225. The van der Waals surface area contributed by atoms with Gasteiger partial charge in [-0.1, -0.05) is 6.92 Å². The van der Waals surface area contributed by atoms with Crippen LogP contribution < -0.4 is 15.4 Å². The average molecular weight is 367 g/mol. The summed E-state index contributed by atoms with van der Waals surface area (Å²) in [6.45, 7) is 0.858. The molecule has 1 saturated heterocycles. The van der Waals surface area contributed by atoms with Crippen LogP contribution in [0, 0.1) is 17.7 Å². The van der Waals surface area contributed by atoms with Gasteiger partial charge in [0.15, 0.2) is 11.6 Å². The van der Waals surface area contributed by atoms with Crippen molar-refractivity contribution in [3.8, 4) is 5.75 Å². The van der Waals surface area contributed by atoms with Crippen molar-refractivity contribution in [1.82, 2.24) is 5.32 Å². The molecule has 0 bridgehead atoms. The molecule has 0 spiro atoms. The Kier molecular flexibility index (Phi) is 8.35. The van der Waals surface area contributed by atoms with Gasteiger partial charge in [0.1, 0.15) is 0 Å². The van der Waals surface area contributed by atoms with Crippen LogP contribution in [0.5, 0.6) is 5.75 Å². The third kappa shape index (κ3) is 6.20. The fraction of sp³-hybridized carbons (Fsp3) is 0.562. The van der Waals surface area contributed by atoms with Gasteiger partial charge in [-0.3, -0.25) is 4.79 Å². The highest BCUT2D eigenvalue weighted by molar-refractivity contribution is 5.90. The molecule has 0 radical (unpaired) electrons. The quantitative estimate of drug-likeness (QED) is 0.804. The molecule has 1 aliphatic rings. The summed E-state index contributed by atoms with van der Waals surface area (Å²) in [5, 5.41) is 5.90. The van der Waals surface area contributed by atoms with Gasteiger partial charge in [-0.2, -0.15) is 8.78 Å². The smallest absolute Gasteiger partial charge is 0.387 e. The van der Waals surface area contributed by atoms with Crippen molar-refractivity contribution in [1.29, 1.82) is 0 Å². The molecule has 24 heavy (non-hydrogen) atoms. The second-order valence-electron chi connectivity index (χ2n) is 5.86. The van der Waals surface area contributed by atoms with Gasteiger partial charge in [-0.25, -0.2) is 4.39 Å². The minimum absolute atomic E-state index is 0. The molecule has 0 saturated carbocycles. The fourth-order valence-corrected chi connectivity index (χ4v) is 2.81. The molecule has 1 amide bonds. The Morgan fingerprint density at radius 1 is 1.46 bits per heavy atom. The van der Waals surface area contributed by atoms with Crippen LogP contribution in [0.2, 0.25) is 0 Å². The number of piperidine rings is 1. The molecule has 0 aliphatic carbocycles. The predicted octanol–water partition coefficient (Wildman–Crippen LogP) is 3.81. The summed E-state index contributed by atoms with van der Waals surface area (Å²) in [6.07, 6.45) is 2.53. The first-order chi connectivity index (χ1) is 11.0. The van der Waals surface area contributed by atoms with Gasteiger partial charge in [0.25, 0.3) is 0 Å². The monoisotopic (exact) mass is 366 g/mol. The molecule has 2 N–H and O–H groups in total. The molecule has 1 aromatic rings. The van der Waals surface area contributed by atoms with Gasteiger partial charge in [-0.05, 0) is 49.9 Å². The molecule has 8 heteroatoms. The molecule has 136 valence electrons. The summed E-state index contributed by atoms with van der Waals surface area (Å²) >= 11 is 0. The van der Waals surface area contributed by atoms with Crippen LogP contribution in [0.15, 0.2) is 18.2 Å². The van der Waals surface area contributed by atoms with E-state index in [1.165, 1.54) is 6.07 Å². The minimum Gasteiger partial charge on any atom is -0.432 e. The Labute approximate surface area is 145 Å². The third-order valence-electron chi connectivity index (χ3n) is 4.08. The van der Waals surface area contributed by atoms with Crippen molar-refractivity contribution in [2.45, 2.75) is 32.8 Å². The number of alkyl halides is 2. The second-order valence-corrected chi connectivity index (χ2v) is 5.86. The van der Waals surface area contributed by atoms with E-state index >= 15 is 0 Å². The molecule has 1 fully saturated rings. The SMILES string of the molecule is CC(CC(=O)Nc1ccc(OC(F)F)c(F)c1)C1CCCNC1.Cl. The molecular weight excluding hydrogens is 345 g/mol. The first kappa shape index (κ1) is 20.6. The Hall–Kier alpha value is -1.47. The van der Waals surface area contributed by atoms with Crippen molar-refractivity contribution >= 4 is 24.0 Å². The maximum absolute atomic E-state index is 13.6. The number of carbonyl (C=O) groups excluding carboxylic acids is 1. The summed E-state index contributed by atoms with van der Waals surface area (Å²) < 4.78 is 41.8. The predicted molar refractivity (Wildman–Crippen MR) is 88.3 cm³/mol. The molecular formula is C16H22ClF3N2O2. The fourth-order valence-electron chi connectivity index (χ4n) is 2.81. The van der Waals surface area contributed by atoms with Gasteiger partial charge < -0.3 is 15.4 Å². The van der Waals surface area contributed by atoms with Crippen molar-refractivity contribution < 1.29 is 22.7 Å². The second kappa shape index (κ2) is 9.74. The number of nitrogens with one attached hydrogen (secondary N) is 2. The van der Waals surface area contributed by atoms with E-state index in [9.17, 15) is 18.0 Å². The van der Waals surface area contributed by atoms with Crippen molar-refractivity contribution in [3.63, 3.8) is 0 Å². The van der Waals surface area contributed by atoms with E-state index in [1.807, 2.05) is 6.92 Å². The molecule has 0 aromatic heterocycles. The zero-order valence-corrected chi connectivity index (χ0v) is 14.2. The Morgan fingerprint density at radius 3 is 2.79 bits per heavy atom. The third-order valence-corrected chi connectivity index (χ3v) is 4.08. The lowest BCUT2D eigenvalue weighted by atomic mass is 9.85. The van der Waals surface area contributed by atoms with Gasteiger partial charge >= 0.3 is 6.61 Å². The van der Waals surface area contributed by atoms with Crippen LogP contribution in [-0.4, -0.2) is 25.6 Å². The van der Waals surface area contributed by atoms with E-state index in [1.54, 1.807) is 0 Å². The number of hydrogen-bond acceptors (Lipinski definition) is 3. The van der Waals surface area contributed by atoms with E-state index in [2.05, 4.69) is 15.4 Å². The molecule has 4 nitrogen and oxygen atoms in total. The largest absolute Gasteiger partial charge is 0.432 e. The van der Waals surface area contributed by atoms with E-state index in [0.29, 0.717) is 12.3 Å². The lowest BCUT2D eigenvalue weighted by Gasteiger charge is -2.28. The molecule has 1 aromatic carbocycles. The zero-order chi connectivity index (χ0) is 16.8. The van der Waals surface area contributed by atoms with Crippen LogP contribution in [-0.2, 0) is 4.79 Å². The average Bonchev–Trinajstić information content (AvgIpc) is 2.50. The number of benzene rings is 1. The van der Waals surface area contributed by atoms with Crippen LogP contribution in [0.3, 0.4) is 0 Å². The van der Waals surface area contributed by atoms with Crippen LogP contribution in [0.1, 0.15) is 26.2 Å². The topological polar surface area (TPSA) is 50.4 Å². The first-order valence-electron chi connectivity index (χ1n) is 7.70. The summed E-state index contributed by atoms with van der Waals surface area (Å²) in [7, 11) is 0. The van der Waals surface area contributed by atoms with E-state index in [4.69, 9.17) is 0 Å². The first-order valence-corrected chi connectivity index (χ1v) is 7.70. The number of ether oxygens (including phenoxy) is 1. The lowest BCUT2D eigenvalue weighted by molar-refractivity contribution is -0.117. The number of amides is 1. The maximum atomic E-state index is 13.6. The standard InChI is InChI=1S/C16H21F3N2O2.ClH/c1-10(11-3-2-6-20-9-11)7-15(22)21-12-4-5-14(13(17)8-12)23-16(18)19;/h4-5,8,10-11,16,20H,2-3,6-7,9H2,1H3,(H,21,22);1H. The normalized spacial score (nSPS) is 18.6. The zero-order valence-electron chi connectivity index (χ0n) is 13.4. The molecule has 1 aliphatic heterocycles. The van der Waals surface area contributed by atoms with Crippen molar-refractivity contribution in [2.24, 2.45) is 11.8 Å². The van der Waals surface area contributed by atoms with Gasteiger partial charge in [0.05, 0.1) is 0 Å². The highest BCUT2D eigenvalue weighted by Gasteiger charge is 2.22. The number of halogens is 4. The van der Waals surface area contributed by atoms with Gasteiger partial charge in [-0.15, -0.1) is 12.4 Å². The summed E-state index contributed by atoms with van der Waals surface area (Å²) in [6, 6.07) is 3.39. The van der Waals surface area contributed by atoms with Crippen molar-refractivity contribution in [3.05, 3.63) is 24.0 Å². The van der Waals surface area contributed by atoms with Crippen molar-refractivity contribution in [2.75, 3.05) is 18.4 Å². The summed E-state index contributed by atoms with van der Waals surface area (Å²) in [5.74, 6) is -1.03. The Balaban J connectivity index is 0.00000288. The molecule has 2 atom stereocenters. The number of anilines is 1. The number of hydrogen-bond donors (Lipinski definition) is 2. The van der Waals surface area contributed by atoms with Gasteiger partial charge in [0, 0.05) is 18.2 Å². The Bertz CT molecular complexity index is 540. The van der Waals surface area contributed by atoms with Crippen LogP contribution >= 0.6 is 12.4 Å². The maximum Gasteiger partial charge on any atom is 0.387 e. The molecule has 1 heterocycles. The highest BCUT2D eigenvalue weighted by atomic mass is 35.5. The lowest BCUT2D eigenvalue weighted by Crippen LogP contribution is -2.34.